The molecule has 0 saturated heterocycles. The molecule has 90 valence electrons. The third-order valence-electron chi connectivity index (χ3n) is 1.86. The van der Waals surface area contributed by atoms with E-state index >= 15 is 0 Å². The van der Waals surface area contributed by atoms with E-state index in [1.165, 1.54) is 19.1 Å². The van der Waals surface area contributed by atoms with Gasteiger partial charge in [0.25, 0.3) is 0 Å². The number of carbonyl (C=O) groups is 1. The fourth-order valence-electron chi connectivity index (χ4n) is 0.974. The zero-order valence-corrected chi connectivity index (χ0v) is 9.26. The lowest BCUT2D eigenvalue weighted by molar-refractivity contribution is -0.129. The third kappa shape index (κ3) is 4.92. The Morgan fingerprint density at radius 2 is 2.12 bits per heavy atom. The van der Waals surface area contributed by atoms with Crippen molar-refractivity contribution in [1.29, 1.82) is 0 Å². The molecule has 0 fully saturated rings. The van der Waals surface area contributed by atoms with E-state index in [2.05, 4.69) is 5.16 Å². The van der Waals surface area contributed by atoms with E-state index in [4.69, 9.17) is 9.94 Å². The summed E-state index contributed by atoms with van der Waals surface area (Å²) >= 11 is 0. The van der Waals surface area contributed by atoms with Gasteiger partial charge in [0.05, 0.1) is 0 Å². The van der Waals surface area contributed by atoms with Gasteiger partial charge in [0.1, 0.15) is 12.4 Å². The molecule has 0 amide bonds. The maximum Gasteiger partial charge on any atom is 0.353 e. The van der Waals surface area contributed by atoms with E-state index in [1.807, 2.05) is 0 Å². The number of rotatable bonds is 5. The summed E-state index contributed by atoms with van der Waals surface area (Å²) in [5.74, 6) is -1.41. The molecule has 5 heteroatoms. The topological polar surface area (TPSA) is 58.9 Å². The molecule has 0 atom stereocenters. The van der Waals surface area contributed by atoms with Crippen molar-refractivity contribution in [3.63, 3.8) is 0 Å². The fourth-order valence-corrected chi connectivity index (χ4v) is 0.974. The lowest BCUT2D eigenvalue weighted by atomic mass is 10.2. The van der Waals surface area contributed by atoms with Gasteiger partial charge in [0, 0.05) is 0 Å². The maximum atomic E-state index is 12.6. The highest BCUT2D eigenvalue weighted by atomic mass is 19.1. The Morgan fingerprint density at radius 3 is 2.71 bits per heavy atom. The maximum absolute atomic E-state index is 12.6. The molecule has 0 aromatic heterocycles. The summed E-state index contributed by atoms with van der Waals surface area (Å²) in [6.07, 6.45) is 3.39. The number of carboxylic acid groups (broad SMARTS) is 1. The second-order valence-electron chi connectivity index (χ2n) is 3.23. The Balaban J connectivity index is 2.39. The number of nitrogens with zero attached hydrogens (tertiary/aromatic N) is 1. The fraction of sp³-hybridized carbons (Fsp3) is 0.167. The lowest BCUT2D eigenvalue weighted by Crippen LogP contribution is -2.08. The number of aliphatic carboxylic acids is 1. The molecule has 1 rings (SSSR count). The standard InChI is InChI=1S/C12H12FNO3/c1-9(12(15)16)14-17-8-2-3-10-4-6-11(13)7-5-10/h2-7H,8H2,1H3,(H,15,16)/b3-2+,14-9-. The molecule has 0 unspecified atom stereocenters. The van der Waals surface area contributed by atoms with Crippen LogP contribution >= 0.6 is 0 Å². The van der Waals surface area contributed by atoms with E-state index in [0.717, 1.165) is 5.56 Å². The van der Waals surface area contributed by atoms with Gasteiger partial charge in [-0.2, -0.15) is 0 Å². The highest BCUT2D eigenvalue weighted by Gasteiger charge is 2.00. The van der Waals surface area contributed by atoms with Crippen LogP contribution in [0.4, 0.5) is 4.39 Å². The normalized spacial score (nSPS) is 11.8. The Bertz CT molecular complexity index is 438. The average molecular weight is 237 g/mol. The van der Waals surface area contributed by atoms with Crippen LogP contribution in [0.1, 0.15) is 12.5 Å². The first kappa shape index (κ1) is 12.9. The predicted octanol–water partition coefficient (Wildman–Crippen LogP) is 2.32. The molecule has 0 radical (unpaired) electrons. The molecule has 17 heavy (non-hydrogen) atoms. The van der Waals surface area contributed by atoms with Crippen molar-refractivity contribution in [2.24, 2.45) is 5.16 Å². The molecule has 0 spiro atoms. The number of benzene rings is 1. The van der Waals surface area contributed by atoms with Crippen LogP contribution in [0.2, 0.25) is 0 Å². The highest BCUT2D eigenvalue weighted by molar-refractivity contribution is 6.34. The van der Waals surface area contributed by atoms with Crippen LogP contribution < -0.4 is 0 Å². The number of halogens is 1. The highest BCUT2D eigenvalue weighted by Crippen LogP contribution is 2.04. The molecule has 4 nitrogen and oxygen atoms in total. The van der Waals surface area contributed by atoms with Crippen LogP contribution in [-0.4, -0.2) is 23.4 Å². The van der Waals surface area contributed by atoms with E-state index in [9.17, 15) is 9.18 Å². The van der Waals surface area contributed by atoms with Crippen molar-refractivity contribution in [2.45, 2.75) is 6.92 Å². The molecule has 1 aromatic rings. The van der Waals surface area contributed by atoms with Crippen molar-refractivity contribution >= 4 is 17.8 Å². The number of carboxylic acids is 1. The van der Waals surface area contributed by atoms with Gasteiger partial charge in [0.2, 0.25) is 0 Å². The van der Waals surface area contributed by atoms with Gasteiger partial charge >= 0.3 is 5.97 Å². The summed E-state index contributed by atoms with van der Waals surface area (Å²) in [6.45, 7) is 1.49. The van der Waals surface area contributed by atoms with Crippen LogP contribution in [-0.2, 0) is 9.63 Å². The average Bonchev–Trinajstić information content (AvgIpc) is 2.30. The van der Waals surface area contributed by atoms with Crippen LogP contribution in [0.3, 0.4) is 0 Å². The minimum atomic E-state index is -1.12. The van der Waals surface area contributed by atoms with Gasteiger partial charge in [-0.15, -0.1) is 0 Å². The van der Waals surface area contributed by atoms with Crippen LogP contribution in [0.25, 0.3) is 6.08 Å². The van der Waals surface area contributed by atoms with Gasteiger partial charge in [-0.05, 0) is 30.7 Å². The first-order valence-corrected chi connectivity index (χ1v) is 4.91. The summed E-state index contributed by atoms with van der Waals surface area (Å²) < 4.78 is 12.6. The van der Waals surface area contributed by atoms with E-state index < -0.39 is 5.97 Å². The Morgan fingerprint density at radius 1 is 1.47 bits per heavy atom. The summed E-state index contributed by atoms with van der Waals surface area (Å²) in [7, 11) is 0. The monoisotopic (exact) mass is 237 g/mol. The lowest BCUT2D eigenvalue weighted by Gasteiger charge is -1.95. The van der Waals surface area contributed by atoms with Crippen molar-refractivity contribution in [3.05, 3.63) is 41.7 Å². The number of oxime groups is 1. The van der Waals surface area contributed by atoms with Crippen LogP contribution in [0, 0.1) is 5.82 Å². The quantitative estimate of drug-likeness (QED) is 0.485. The second-order valence-corrected chi connectivity index (χ2v) is 3.23. The Kier molecular flexibility index (Phi) is 4.87. The van der Waals surface area contributed by atoms with Gasteiger partial charge in [-0.3, -0.25) is 0 Å². The minimum absolute atomic E-state index is 0.111. The zero-order valence-electron chi connectivity index (χ0n) is 9.26. The van der Waals surface area contributed by atoms with Crippen molar-refractivity contribution in [1.82, 2.24) is 0 Å². The van der Waals surface area contributed by atoms with E-state index in [1.54, 1.807) is 24.3 Å². The third-order valence-corrected chi connectivity index (χ3v) is 1.86. The molecular weight excluding hydrogens is 225 g/mol. The van der Waals surface area contributed by atoms with Crippen LogP contribution in [0.5, 0.6) is 0 Å². The number of hydrogen-bond acceptors (Lipinski definition) is 3. The van der Waals surface area contributed by atoms with Crippen molar-refractivity contribution in [3.8, 4) is 0 Å². The Labute approximate surface area is 98.0 Å². The molecule has 0 aliphatic heterocycles. The zero-order chi connectivity index (χ0) is 12.7. The molecule has 0 saturated carbocycles. The number of hydrogen-bond donors (Lipinski definition) is 1. The summed E-state index contributed by atoms with van der Waals surface area (Å²) in [5, 5.41) is 11.9. The van der Waals surface area contributed by atoms with E-state index in [0.29, 0.717) is 0 Å². The van der Waals surface area contributed by atoms with Gasteiger partial charge < -0.3 is 9.94 Å². The molecule has 1 aromatic carbocycles. The molecule has 1 N–H and O–H groups in total. The first-order chi connectivity index (χ1) is 8.09. The minimum Gasteiger partial charge on any atom is -0.477 e. The molecular formula is C12H12FNO3. The van der Waals surface area contributed by atoms with Gasteiger partial charge in [-0.25, -0.2) is 9.18 Å². The SMILES string of the molecule is C/C(=N/OC/C=C/c1ccc(F)cc1)C(=O)O. The molecule has 0 heterocycles. The van der Waals surface area contributed by atoms with Crippen molar-refractivity contribution in [2.75, 3.05) is 6.61 Å². The summed E-state index contributed by atoms with van der Waals surface area (Å²) in [4.78, 5) is 15.1. The van der Waals surface area contributed by atoms with Crippen LogP contribution in [0.15, 0.2) is 35.5 Å². The second kappa shape index (κ2) is 6.42. The first-order valence-electron chi connectivity index (χ1n) is 4.91. The van der Waals surface area contributed by atoms with E-state index in [-0.39, 0.29) is 18.1 Å². The summed E-state index contributed by atoms with van der Waals surface area (Å²) in [5.41, 5.74) is 0.717. The largest absolute Gasteiger partial charge is 0.477 e. The molecule has 0 aliphatic carbocycles. The summed E-state index contributed by atoms with van der Waals surface area (Å²) in [6, 6.07) is 5.95. The smallest absolute Gasteiger partial charge is 0.353 e. The molecule has 0 aliphatic rings. The van der Waals surface area contributed by atoms with Crippen molar-refractivity contribution < 1.29 is 19.1 Å². The van der Waals surface area contributed by atoms with Gasteiger partial charge in [-0.1, -0.05) is 23.4 Å². The Hall–Kier alpha value is -2.17. The predicted molar refractivity (Wildman–Crippen MR) is 62.1 cm³/mol. The van der Waals surface area contributed by atoms with Gasteiger partial charge in [0.15, 0.2) is 5.71 Å². The molecule has 0 bridgehead atoms.